The summed E-state index contributed by atoms with van der Waals surface area (Å²) in [5.41, 5.74) is 6.50. The number of phenols is 1. The maximum Gasteiger partial charge on any atom is 0.269 e. The first-order chi connectivity index (χ1) is 12.0. The molecular formula is C16H12N4O4S. The molecule has 126 valence electrons. The van der Waals surface area contributed by atoms with Crippen molar-refractivity contribution < 1.29 is 14.8 Å². The van der Waals surface area contributed by atoms with Gasteiger partial charge in [0.05, 0.1) is 10.5 Å². The van der Waals surface area contributed by atoms with Crippen molar-refractivity contribution in [3.05, 3.63) is 69.1 Å². The van der Waals surface area contributed by atoms with Crippen LogP contribution < -0.4 is 11.1 Å². The van der Waals surface area contributed by atoms with E-state index in [0.29, 0.717) is 10.8 Å². The largest absolute Gasteiger partial charge is 0.507 e. The summed E-state index contributed by atoms with van der Waals surface area (Å²) in [5.74, 6) is -0.516. The molecule has 0 radical (unpaired) electrons. The first-order valence-corrected chi connectivity index (χ1v) is 7.88. The number of nitro benzene ring substituents is 1. The van der Waals surface area contributed by atoms with Crippen LogP contribution >= 0.6 is 11.3 Å². The second kappa shape index (κ2) is 6.57. The van der Waals surface area contributed by atoms with Gasteiger partial charge in [-0.1, -0.05) is 23.5 Å². The Kier molecular flexibility index (Phi) is 4.31. The number of nitrogens with zero attached hydrogens (tertiary/aromatic N) is 2. The predicted octanol–water partition coefficient (Wildman–Crippen LogP) is 3.31. The zero-order valence-electron chi connectivity index (χ0n) is 12.7. The van der Waals surface area contributed by atoms with Gasteiger partial charge < -0.3 is 16.2 Å². The molecule has 0 saturated heterocycles. The van der Waals surface area contributed by atoms with E-state index in [4.69, 9.17) is 5.73 Å². The SMILES string of the molecule is Nc1nc(Nc2ccc([N+](=O)[O-])cc2)sc1C(=O)c1ccccc1O. The maximum atomic E-state index is 12.5. The molecule has 0 saturated carbocycles. The molecule has 0 spiro atoms. The summed E-state index contributed by atoms with van der Waals surface area (Å²) in [6.07, 6.45) is 0. The number of nitrogens with one attached hydrogen (secondary N) is 1. The fraction of sp³-hybridized carbons (Fsp3) is 0. The topological polar surface area (TPSA) is 131 Å². The van der Waals surface area contributed by atoms with E-state index in [1.807, 2.05) is 0 Å². The van der Waals surface area contributed by atoms with Gasteiger partial charge in [0.1, 0.15) is 16.4 Å². The normalized spacial score (nSPS) is 10.4. The van der Waals surface area contributed by atoms with Gasteiger partial charge in [0.15, 0.2) is 5.13 Å². The highest BCUT2D eigenvalue weighted by Gasteiger charge is 2.20. The lowest BCUT2D eigenvalue weighted by Crippen LogP contribution is -2.02. The van der Waals surface area contributed by atoms with E-state index in [9.17, 15) is 20.0 Å². The average molecular weight is 356 g/mol. The van der Waals surface area contributed by atoms with Gasteiger partial charge in [0, 0.05) is 17.8 Å². The fourth-order valence-electron chi connectivity index (χ4n) is 2.13. The Balaban J connectivity index is 1.84. The highest BCUT2D eigenvalue weighted by Crippen LogP contribution is 2.31. The number of nitrogens with two attached hydrogens (primary N) is 1. The molecule has 1 heterocycles. The second-order valence-electron chi connectivity index (χ2n) is 5.01. The zero-order chi connectivity index (χ0) is 18.0. The van der Waals surface area contributed by atoms with Gasteiger partial charge in [-0.05, 0) is 24.3 Å². The third-order valence-corrected chi connectivity index (χ3v) is 4.32. The Morgan fingerprint density at radius 1 is 1.20 bits per heavy atom. The number of non-ortho nitro benzene ring substituents is 1. The molecule has 0 aliphatic carbocycles. The number of hydrogen-bond donors (Lipinski definition) is 3. The number of thiazole rings is 1. The van der Waals surface area contributed by atoms with Crippen LogP contribution in [-0.4, -0.2) is 20.8 Å². The van der Waals surface area contributed by atoms with E-state index in [2.05, 4.69) is 10.3 Å². The van der Waals surface area contributed by atoms with Crippen molar-refractivity contribution in [1.29, 1.82) is 0 Å². The van der Waals surface area contributed by atoms with Crippen molar-refractivity contribution in [3.63, 3.8) is 0 Å². The van der Waals surface area contributed by atoms with Crippen molar-refractivity contribution in [2.45, 2.75) is 0 Å². The van der Waals surface area contributed by atoms with Gasteiger partial charge >= 0.3 is 0 Å². The van der Waals surface area contributed by atoms with E-state index in [1.54, 1.807) is 12.1 Å². The van der Waals surface area contributed by atoms with Gasteiger partial charge in [-0.2, -0.15) is 0 Å². The minimum atomic E-state index is -0.492. The van der Waals surface area contributed by atoms with Crippen LogP contribution in [0.4, 0.5) is 22.3 Å². The lowest BCUT2D eigenvalue weighted by Gasteiger charge is -2.02. The number of rotatable bonds is 5. The molecule has 0 bridgehead atoms. The molecule has 8 nitrogen and oxygen atoms in total. The van der Waals surface area contributed by atoms with Gasteiger partial charge in [-0.15, -0.1) is 0 Å². The smallest absolute Gasteiger partial charge is 0.269 e. The zero-order valence-corrected chi connectivity index (χ0v) is 13.5. The van der Waals surface area contributed by atoms with Gasteiger partial charge in [0.25, 0.3) is 5.69 Å². The summed E-state index contributed by atoms with van der Waals surface area (Å²) >= 11 is 1.03. The van der Waals surface area contributed by atoms with Crippen molar-refractivity contribution in [1.82, 2.24) is 4.98 Å². The van der Waals surface area contributed by atoms with Crippen LogP contribution in [0.3, 0.4) is 0 Å². The number of nitrogen functional groups attached to an aromatic ring is 1. The number of hydrogen-bond acceptors (Lipinski definition) is 8. The molecular weight excluding hydrogens is 344 g/mol. The molecule has 0 atom stereocenters. The molecule has 4 N–H and O–H groups in total. The average Bonchev–Trinajstić information content (AvgIpc) is 2.95. The van der Waals surface area contributed by atoms with Crippen LogP contribution in [0.15, 0.2) is 48.5 Å². The van der Waals surface area contributed by atoms with Crippen LogP contribution in [0.2, 0.25) is 0 Å². The molecule has 0 amide bonds. The molecule has 0 aliphatic rings. The summed E-state index contributed by atoms with van der Waals surface area (Å²) in [7, 11) is 0. The molecule has 0 unspecified atom stereocenters. The molecule has 25 heavy (non-hydrogen) atoms. The Hall–Kier alpha value is -3.46. The number of aromatic nitrogens is 1. The van der Waals surface area contributed by atoms with Gasteiger partial charge in [-0.3, -0.25) is 14.9 Å². The summed E-state index contributed by atoms with van der Waals surface area (Å²) in [6.45, 7) is 0. The number of benzene rings is 2. The van der Waals surface area contributed by atoms with Crippen molar-refractivity contribution in [2.75, 3.05) is 11.1 Å². The molecule has 9 heteroatoms. The number of ketones is 1. The molecule has 1 aromatic heterocycles. The number of phenolic OH excluding ortho intramolecular Hbond substituents is 1. The Morgan fingerprint density at radius 2 is 1.88 bits per heavy atom. The van der Waals surface area contributed by atoms with Gasteiger partial charge in [-0.25, -0.2) is 4.98 Å². The quantitative estimate of drug-likeness (QED) is 0.363. The molecule has 0 fully saturated rings. The Morgan fingerprint density at radius 3 is 2.52 bits per heavy atom. The first kappa shape index (κ1) is 16.4. The first-order valence-electron chi connectivity index (χ1n) is 7.06. The van der Waals surface area contributed by atoms with E-state index >= 15 is 0 Å². The summed E-state index contributed by atoms with van der Waals surface area (Å²) in [6, 6.07) is 11.9. The number of carbonyl (C=O) groups is 1. The highest BCUT2D eigenvalue weighted by atomic mass is 32.1. The van der Waals surface area contributed by atoms with Crippen LogP contribution in [0.25, 0.3) is 0 Å². The van der Waals surface area contributed by atoms with E-state index in [1.165, 1.54) is 36.4 Å². The lowest BCUT2D eigenvalue weighted by atomic mass is 10.1. The Bertz CT molecular complexity index is 953. The second-order valence-corrected chi connectivity index (χ2v) is 6.01. The van der Waals surface area contributed by atoms with Crippen molar-refractivity contribution in [2.24, 2.45) is 0 Å². The monoisotopic (exact) mass is 356 g/mol. The molecule has 0 aliphatic heterocycles. The van der Waals surface area contributed by atoms with E-state index in [-0.39, 0.29) is 27.7 Å². The summed E-state index contributed by atoms with van der Waals surface area (Å²) in [5, 5.41) is 23.8. The summed E-state index contributed by atoms with van der Waals surface area (Å²) < 4.78 is 0. The Labute approximate surface area is 145 Å². The summed E-state index contributed by atoms with van der Waals surface area (Å²) in [4.78, 5) is 27.0. The van der Waals surface area contributed by atoms with Crippen molar-refractivity contribution >= 4 is 39.4 Å². The number of carbonyl (C=O) groups excluding carboxylic acids is 1. The van der Waals surface area contributed by atoms with E-state index < -0.39 is 10.7 Å². The van der Waals surface area contributed by atoms with Crippen LogP contribution in [0.5, 0.6) is 5.75 Å². The maximum absolute atomic E-state index is 12.5. The molecule has 3 aromatic rings. The third-order valence-electron chi connectivity index (χ3n) is 3.34. The predicted molar refractivity (Wildman–Crippen MR) is 94.4 cm³/mol. The van der Waals surface area contributed by atoms with E-state index in [0.717, 1.165) is 11.3 Å². The standard InChI is InChI=1S/C16H12N4O4S/c17-15-14(13(22)11-3-1-2-4-12(11)21)25-16(19-15)18-9-5-7-10(8-6-9)20(23)24/h1-8,21H,17H2,(H,18,19). The van der Waals surface area contributed by atoms with Gasteiger partial charge in [0.2, 0.25) is 5.78 Å². The van der Waals surface area contributed by atoms with Crippen LogP contribution in [-0.2, 0) is 0 Å². The number of nitro groups is 1. The fourth-order valence-corrected chi connectivity index (χ4v) is 2.99. The highest BCUT2D eigenvalue weighted by molar-refractivity contribution is 7.18. The molecule has 3 rings (SSSR count). The minimum absolute atomic E-state index is 0.0281. The molecule has 2 aromatic carbocycles. The van der Waals surface area contributed by atoms with Crippen molar-refractivity contribution in [3.8, 4) is 5.75 Å². The third kappa shape index (κ3) is 3.40. The number of para-hydroxylation sites is 1. The number of anilines is 3. The van der Waals surface area contributed by atoms with Crippen LogP contribution in [0.1, 0.15) is 15.2 Å². The lowest BCUT2D eigenvalue weighted by molar-refractivity contribution is -0.384. The number of aromatic hydroxyl groups is 1. The van der Waals surface area contributed by atoms with Crippen LogP contribution in [0, 0.1) is 10.1 Å². The minimum Gasteiger partial charge on any atom is -0.507 e.